The molecule has 0 spiro atoms. The van der Waals surface area contributed by atoms with Crippen molar-refractivity contribution in [3.05, 3.63) is 34.8 Å². The van der Waals surface area contributed by atoms with Crippen LogP contribution in [0.1, 0.15) is 23.9 Å². The molecule has 23 heavy (non-hydrogen) atoms. The molecule has 0 unspecified atom stereocenters. The molecule has 1 saturated heterocycles. The maximum atomic E-state index is 13.6. The third-order valence-corrected chi connectivity index (χ3v) is 4.71. The minimum absolute atomic E-state index is 0. The van der Waals surface area contributed by atoms with E-state index in [1.165, 1.54) is 11.3 Å². The highest BCUT2D eigenvalue weighted by Crippen LogP contribution is 2.27. The standard InChI is InChI=1S/C15H19FN4OS.H2O/c1-9-3-4-11(6-18-9)21-12-5-10(2)20(7-12)8-13-14(16)19-15(17)22-13;/h3-4,6,10,12H,5,7-8H2,1-2H3,(H2,17,19);1H2/t10-,12+;/m0./s1. The molecule has 0 aliphatic carbocycles. The zero-order valence-electron chi connectivity index (χ0n) is 13.1. The van der Waals surface area contributed by atoms with Crippen LogP contribution in [0.3, 0.4) is 0 Å². The minimum Gasteiger partial charge on any atom is -0.487 e. The molecule has 0 amide bonds. The van der Waals surface area contributed by atoms with Crippen molar-refractivity contribution in [1.82, 2.24) is 14.9 Å². The predicted octanol–water partition coefficient (Wildman–Crippen LogP) is 1.78. The van der Waals surface area contributed by atoms with E-state index >= 15 is 0 Å². The third kappa shape index (κ3) is 4.15. The van der Waals surface area contributed by atoms with Gasteiger partial charge in [-0.25, -0.2) is 0 Å². The van der Waals surface area contributed by atoms with E-state index in [4.69, 9.17) is 10.5 Å². The van der Waals surface area contributed by atoms with Gasteiger partial charge in [0.15, 0.2) is 5.13 Å². The topological polar surface area (TPSA) is 95.8 Å². The second-order valence-electron chi connectivity index (χ2n) is 5.66. The molecule has 3 heterocycles. The Morgan fingerprint density at radius 1 is 1.48 bits per heavy atom. The number of ether oxygens (including phenoxy) is 1. The number of likely N-dealkylation sites (tertiary alicyclic amines) is 1. The number of nitrogens with two attached hydrogens (primary N) is 1. The van der Waals surface area contributed by atoms with E-state index in [9.17, 15) is 4.39 Å². The van der Waals surface area contributed by atoms with Crippen molar-refractivity contribution in [3.8, 4) is 5.75 Å². The minimum atomic E-state index is -0.457. The molecule has 4 N–H and O–H groups in total. The van der Waals surface area contributed by atoms with E-state index in [1.807, 2.05) is 19.1 Å². The van der Waals surface area contributed by atoms with E-state index in [1.54, 1.807) is 6.20 Å². The summed E-state index contributed by atoms with van der Waals surface area (Å²) in [5, 5.41) is 0.276. The molecule has 0 saturated carbocycles. The normalized spacial score (nSPS) is 21.2. The van der Waals surface area contributed by atoms with Crippen LogP contribution >= 0.6 is 11.3 Å². The monoisotopic (exact) mass is 340 g/mol. The average molecular weight is 340 g/mol. The summed E-state index contributed by atoms with van der Waals surface area (Å²) in [6.45, 7) is 5.34. The fraction of sp³-hybridized carbons (Fsp3) is 0.467. The third-order valence-electron chi connectivity index (χ3n) is 3.87. The number of pyridine rings is 1. The Kier molecular flexibility index (Phi) is 5.51. The van der Waals surface area contributed by atoms with Gasteiger partial charge in [0.05, 0.1) is 11.1 Å². The number of aryl methyl sites for hydroxylation is 1. The van der Waals surface area contributed by atoms with Gasteiger partial charge in [-0.1, -0.05) is 11.3 Å². The van der Waals surface area contributed by atoms with Gasteiger partial charge in [0.1, 0.15) is 11.9 Å². The van der Waals surface area contributed by atoms with Gasteiger partial charge >= 0.3 is 0 Å². The van der Waals surface area contributed by atoms with Gasteiger partial charge in [0, 0.05) is 31.2 Å². The first kappa shape index (κ1) is 17.6. The quantitative estimate of drug-likeness (QED) is 0.915. The summed E-state index contributed by atoms with van der Waals surface area (Å²) in [6, 6.07) is 4.19. The Morgan fingerprint density at radius 3 is 2.87 bits per heavy atom. The average Bonchev–Trinajstić information content (AvgIpc) is 2.96. The highest BCUT2D eigenvalue weighted by molar-refractivity contribution is 7.15. The molecule has 3 rings (SSSR count). The Bertz CT molecular complexity index is 649. The molecule has 1 fully saturated rings. The second-order valence-corrected chi connectivity index (χ2v) is 6.77. The Morgan fingerprint density at radius 2 is 2.26 bits per heavy atom. The molecule has 2 aromatic rings. The lowest BCUT2D eigenvalue weighted by atomic mass is 10.2. The number of thiazole rings is 1. The van der Waals surface area contributed by atoms with Crippen LogP contribution in [-0.4, -0.2) is 39.0 Å². The Labute approximate surface area is 138 Å². The highest BCUT2D eigenvalue weighted by atomic mass is 32.1. The summed E-state index contributed by atoms with van der Waals surface area (Å²) in [4.78, 5) is 10.7. The first-order valence-electron chi connectivity index (χ1n) is 7.25. The first-order valence-corrected chi connectivity index (χ1v) is 8.07. The Balaban J connectivity index is 0.00000192. The SMILES string of the molecule is Cc1ccc(O[C@@H]2C[C@H](C)N(Cc3sc(N)nc3F)C2)cn1.O. The van der Waals surface area contributed by atoms with Gasteiger partial charge in [-0.3, -0.25) is 9.88 Å². The van der Waals surface area contributed by atoms with Crippen LogP contribution in [0, 0.1) is 12.9 Å². The van der Waals surface area contributed by atoms with Crippen LogP contribution < -0.4 is 10.5 Å². The van der Waals surface area contributed by atoms with Crippen molar-refractivity contribution in [2.24, 2.45) is 0 Å². The molecule has 6 nitrogen and oxygen atoms in total. The highest BCUT2D eigenvalue weighted by Gasteiger charge is 2.31. The summed E-state index contributed by atoms with van der Waals surface area (Å²) >= 11 is 1.21. The summed E-state index contributed by atoms with van der Waals surface area (Å²) in [6.07, 6.45) is 2.74. The molecule has 0 radical (unpaired) electrons. The molecule has 126 valence electrons. The zero-order valence-corrected chi connectivity index (χ0v) is 13.9. The zero-order chi connectivity index (χ0) is 15.7. The van der Waals surface area contributed by atoms with Crippen LogP contribution in [0.2, 0.25) is 0 Å². The molecular weight excluding hydrogens is 319 g/mol. The van der Waals surface area contributed by atoms with Crippen molar-refractivity contribution >= 4 is 16.5 Å². The maximum Gasteiger partial charge on any atom is 0.230 e. The van der Waals surface area contributed by atoms with Gasteiger partial charge in [0.25, 0.3) is 0 Å². The lowest BCUT2D eigenvalue weighted by molar-refractivity contribution is 0.194. The van der Waals surface area contributed by atoms with Gasteiger partial charge in [-0.2, -0.15) is 9.37 Å². The number of halogens is 1. The number of nitrogens with zero attached hydrogens (tertiary/aromatic N) is 3. The van der Waals surface area contributed by atoms with Crippen molar-refractivity contribution in [2.75, 3.05) is 12.3 Å². The number of anilines is 1. The molecule has 1 aliphatic heterocycles. The van der Waals surface area contributed by atoms with Crippen molar-refractivity contribution in [3.63, 3.8) is 0 Å². The van der Waals surface area contributed by atoms with E-state index in [-0.39, 0.29) is 16.7 Å². The molecular formula is C15H21FN4O2S. The number of hydrogen-bond acceptors (Lipinski definition) is 6. The second kappa shape index (κ2) is 7.20. The van der Waals surface area contributed by atoms with Gasteiger partial charge in [-0.15, -0.1) is 0 Å². The van der Waals surface area contributed by atoms with Gasteiger partial charge < -0.3 is 15.9 Å². The van der Waals surface area contributed by atoms with Crippen LogP contribution in [-0.2, 0) is 6.54 Å². The summed E-state index contributed by atoms with van der Waals surface area (Å²) < 4.78 is 19.6. The fourth-order valence-corrected chi connectivity index (χ4v) is 3.44. The fourth-order valence-electron chi connectivity index (χ4n) is 2.70. The van der Waals surface area contributed by atoms with Crippen LogP contribution in [0.15, 0.2) is 18.3 Å². The van der Waals surface area contributed by atoms with Crippen molar-refractivity contribution in [1.29, 1.82) is 0 Å². The molecule has 8 heteroatoms. The molecule has 1 aliphatic rings. The molecule has 0 aromatic carbocycles. The van der Waals surface area contributed by atoms with E-state index in [0.29, 0.717) is 17.5 Å². The van der Waals surface area contributed by atoms with E-state index < -0.39 is 5.95 Å². The molecule has 2 atom stereocenters. The van der Waals surface area contributed by atoms with E-state index in [2.05, 4.69) is 21.8 Å². The summed E-state index contributed by atoms with van der Waals surface area (Å²) in [5.41, 5.74) is 6.51. The maximum absolute atomic E-state index is 13.6. The summed E-state index contributed by atoms with van der Waals surface area (Å²) in [7, 11) is 0. The smallest absolute Gasteiger partial charge is 0.230 e. The van der Waals surface area contributed by atoms with Crippen LogP contribution in [0.4, 0.5) is 9.52 Å². The largest absolute Gasteiger partial charge is 0.487 e. The van der Waals surface area contributed by atoms with E-state index in [0.717, 1.165) is 24.4 Å². The van der Waals surface area contributed by atoms with Gasteiger partial charge in [-0.05, 0) is 26.0 Å². The van der Waals surface area contributed by atoms with Crippen LogP contribution in [0.25, 0.3) is 0 Å². The molecule has 0 bridgehead atoms. The lowest BCUT2D eigenvalue weighted by Gasteiger charge is -2.19. The molecule has 2 aromatic heterocycles. The lowest BCUT2D eigenvalue weighted by Crippen LogP contribution is -2.28. The number of hydrogen-bond donors (Lipinski definition) is 1. The van der Waals surface area contributed by atoms with Crippen LogP contribution in [0.5, 0.6) is 5.75 Å². The Hall–Kier alpha value is -1.77. The first-order chi connectivity index (χ1) is 10.5. The van der Waals surface area contributed by atoms with Crippen molar-refractivity contribution < 1.29 is 14.6 Å². The predicted molar refractivity (Wildman–Crippen MR) is 88.0 cm³/mol. The van der Waals surface area contributed by atoms with Gasteiger partial charge in [0.2, 0.25) is 5.95 Å². The summed E-state index contributed by atoms with van der Waals surface area (Å²) in [5.74, 6) is 0.319. The van der Waals surface area contributed by atoms with Crippen molar-refractivity contribution in [2.45, 2.75) is 39.0 Å². The number of rotatable bonds is 4. The number of aromatic nitrogens is 2. The number of nitrogen functional groups attached to an aromatic ring is 1.